The number of rotatable bonds is 5. The van der Waals surface area contributed by atoms with Gasteiger partial charge in [-0.15, -0.1) is 0 Å². The maximum atomic E-state index is 12.3. The summed E-state index contributed by atoms with van der Waals surface area (Å²) in [4.78, 5) is 14.1. The molecule has 1 aliphatic rings. The van der Waals surface area contributed by atoms with Crippen molar-refractivity contribution in [3.63, 3.8) is 0 Å². The van der Waals surface area contributed by atoms with E-state index in [2.05, 4.69) is 53.8 Å². The topological polar surface area (TPSA) is 52.6 Å². The van der Waals surface area contributed by atoms with E-state index in [1.165, 1.54) is 11.1 Å². The highest BCUT2D eigenvalue weighted by Crippen LogP contribution is 2.27. The molecule has 3 rings (SSSR count). The second-order valence-corrected chi connectivity index (χ2v) is 6.61. The van der Waals surface area contributed by atoms with E-state index in [-0.39, 0.29) is 18.1 Å². The summed E-state index contributed by atoms with van der Waals surface area (Å²) in [5, 5.41) is 12.6. The van der Waals surface area contributed by atoms with E-state index in [0.29, 0.717) is 32.5 Å². The highest BCUT2D eigenvalue weighted by molar-refractivity contribution is 5.74. The van der Waals surface area contributed by atoms with Gasteiger partial charge >= 0.3 is 6.03 Å². The lowest BCUT2D eigenvalue weighted by Crippen LogP contribution is -2.45. The molecule has 2 amide bonds. The Morgan fingerprint density at radius 3 is 2.04 bits per heavy atom. The molecule has 2 N–H and O–H groups in total. The average molecular weight is 338 g/mol. The molecule has 132 valence electrons. The Balaban J connectivity index is 1.59. The number of benzene rings is 2. The van der Waals surface area contributed by atoms with Crippen LogP contribution in [0.5, 0.6) is 0 Å². The van der Waals surface area contributed by atoms with Gasteiger partial charge in [-0.1, -0.05) is 60.7 Å². The molecule has 1 aliphatic heterocycles. The molecule has 1 heterocycles. The molecule has 0 unspecified atom stereocenters. The lowest BCUT2D eigenvalue weighted by Gasteiger charge is -2.30. The van der Waals surface area contributed by atoms with Crippen molar-refractivity contribution in [2.75, 3.05) is 19.6 Å². The number of amides is 2. The molecular weight excluding hydrogens is 312 g/mol. The van der Waals surface area contributed by atoms with Gasteiger partial charge in [0.2, 0.25) is 0 Å². The number of carbonyl (C=O) groups is 1. The number of urea groups is 1. The monoisotopic (exact) mass is 338 g/mol. The van der Waals surface area contributed by atoms with Crippen molar-refractivity contribution in [2.24, 2.45) is 0 Å². The predicted molar refractivity (Wildman–Crippen MR) is 99.6 cm³/mol. The highest BCUT2D eigenvalue weighted by atomic mass is 16.3. The van der Waals surface area contributed by atoms with Crippen LogP contribution >= 0.6 is 0 Å². The average Bonchev–Trinajstić information content (AvgIpc) is 2.67. The quantitative estimate of drug-likeness (QED) is 0.878. The fourth-order valence-electron chi connectivity index (χ4n) is 3.40. The van der Waals surface area contributed by atoms with Crippen molar-refractivity contribution in [1.82, 2.24) is 10.2 Å². The second kappa shape index (κ2) is 8.67. The number of hydrogen-bond acceptors (Lipinski definition) is 2. The molecule has 25 heavy (non-hydrogen) atoms. The van der Waals surface area contributed by atoms with Crippen LogP contribution in [0, 0.1) is 0 Å². The zero-order chi connectivity index (χ0) is 17.5. The maximum Gasteiger partial charge on any atom is 0.317 e. The van der Waals surface area contributed by atoms with Gasteiger partial charge < -0.3 is 15.3 Å². The van der Waals surface area contributed by atoms with Gasteiger partial charge in [-0.05, 0) is 30.4 Å². The molecule has 0 aromatic heterocycles. The molecule has 1 saturated heterocycles. The normalized spacial score (nSPS) is 15.4. The van der Waals surface area contributed by atoms with Gasteiger partial charge in [-0.25, -0.2) is 4.79 Å². The van der Waals surface area contributed by atoms with Crippen molar-refractivity contribution >= 4 is 6.03 Å². The minimum absolute atomic E-state index is 0.0215. The number of piperidine rings is 1. The third-order valence-corrected chi connectivity index (χ3v) is 4.86. The lowest BCUT2D eigenvalue weighted by molar-refractivity contribution is 0.0937. The SMILES string of the molecule is O=C(NCCC(c1ccccc1)c1ccccc1)N1CCC(O)CC1. The lowest BCUT2D eigenvalue weighted by atomic mass is 9.88. The Labute approximate surface area is 149 Å². The first-order valence-corrected chi connectivity index (χ1v) is 9.05. The largest absolute Gasteiger partial charge is 0.393 e. The van der Waals surface area contributed by atoms with Crippen LogP contribution in [0.3, 0.4) is 0 Å². The number of aliphatic hydroxyl groups excluding tert-OH is 1. The number of nitrogens with zero attached hydrogens (tertiary/aromatic N) is 1. The highest BCUT2D eigenvalue weighted by Gasteiger charge is 2.21. The summed E-state index contributed by atoms with van der Waals surface area (Å²) in [7, 11) is 0. The first kappa shape index (κ1) is 17.5. The molecule has 1 fully saturated rings. The molecule has 4 nitrogen and oxygen atoms in total. The number of carbonyl (C=O) groups excluding carboxylic acids is 1. The summed E-state index contributed by atoms with van der Waals surface area (Å²) in [6, 6.07) is 20.8. The van der Waals surface area contributed by atoms with E-state index in [9.17, 15) is 9.90 Å². The van der Waals surface area contributed by atoms with Crippen molar-refractivity contribution in [1.29, 1.82) is 0 Å². The molecule has 0 atom stereocenters. The van der Waals surface area contributed by atoms with E-state index >= 15 is 0 Å². The van der Waals surface area contributed by atoms with Gasteiger partial charge in [-0.2, -0.15) is 0 Å². The minimum atomic E-state index is -0.260. The Morgan fingerprint density at radius 2 is 1.52 bits per heavy atom. The standard InChI is InChI=1S/C21H26N2O2/c24-19-12-15-23(16-13-19)21(25)22-14-11-20(17-7-3-1-4-8-17)18-9-5-2-6-10-18/h1-10,19-20,24H,11-16H2,(H,22,25). The van der Waals surface area contributed by atoms with Crippen LogP contribution in [-0.4, -0.2) is 41.8 Å². The van der Waals surface area contributed by atoms with Gasteiger partial charge in [0.15, 0.2) is 0 Å². The third-order valence-electron chi connectivity index (χ3n) is 4.86. The zero-order valence-electron chi connectivity index (χ0n) is 14.5. The summed E-state index contributed by atoms with van der Waals surface area (Å²) in [5.74, 6) is 0.269. The van der Waals surface area contributed by atoms with E-state index in [1.807, 2.05) is 12.1 Å². The third kappa shape index (κ3) is 4.83. The first-order chi connectivity index (χ1) is 12.2. The van der Waals surface area contributed by atoms with Crippen molar-refractivity contribution in [3.05, 3.63) is 71.8 Å². The Bertz CT molecular complexity index is 613. The van der Waals surface area contributed by atoms with Gasteiger partial charge in [0.1, 0.15) is 0 Å². The summed E-state index contributed by atoms with van der Waals surface area (Å²) in [5.41, 5.74) is 2.54. The fraction of sp³-hybridized carbons (Fsp3) is 0.381. The van der Waals surface area contributed by atoms with Crippen LogP contribution in [0.25, 0.3) is 0 Å². The zero-order valence-corrected chi connectivity index (χ0v) is 14.5. The second-order valence-electron chi connectivity index (χ2n) is 6.61. The van der Waals surface area contributed by atoms with Crippen LogP contribution in [0.4, 0.5) is 4.79 Å². The number of aliphatic hydroxyl groups is 1. The van der Waals surface area contributed by atoms with Gasteiger partial charge in [-0.3, -0.25) is 0 Å². The summed E-state index contributed by atoms with van der Waals surface area (Å²) >= 11 is 0. The Morgan fingerprint density at radius 1 is 1.00 bits per heavy atom. The molecule has 0 saturated carbocycles. The van der Waals surface area contributed by atoms with Crippen LogP contribution < -0.4 is 5.32 Å². The number of likely N-dealkylation sites (tertiary alicyclic amines) is 1. The predicted octanol–water partition coefficient (Wildman–Crippen LogP) is 3.37. The van der Waals surface area contributed by atoms with Crippen LogP contribution in [0.2, 0.25) is 0 Å². The van der Waals surface area contributed by atoms with Crippen molar-refractivity contribution in [2.45, 2.75) is 31.3 Å². The molecular formula is C21H26N2O2. The molecule has 0 radical (unpaired) electrons. The Hall–Kier alpha value is -2.33. The van der Waals surface area contributed by atoms with E-state index in [1.54, 1.807) is 4.90 Å². The first-order valence-electron chi connectivity index (χ1n) is 9.05. The molecule has 2 aromatic rings. The summed E-state index contributed by atoms with van der Waals surface area (Å²) in [6.07, 6.45) is 1.94. The van der Waals surface area contributed by atoms with Crippen LogP contribution in [0.1, 0.15) is 36.3 Å². The summed E-state index contributed by atoms with van der Waals surface area (Å²) in [6.45, 7) is 1.90. The van der Waals surface area contributed by atoms with Gasteiger partial charge in [0.25, 0.3) is 0 Å². The minimum Gasteiger partial charge on any atom is -0.393 e. The molecule has 0 bridgehead atoms. The van der Waals surface area contributed by atoms with Gasteiger partial charge in [0, 0.05) is 25.6 Å². The molecule has 0 spiro atoms. The van der Waals surface area contributed by atoms with E-state index in [0.717, 1.165) is 6.42 Å². The Kier molecular flexibility index (Phi) is 6.07. The molecule has 4 heteroatoms. The van der Waals surface area contributed by atoms with E-state index in [4.69, 9.17) is 0 Å². The fourth-order valence-corrected chi connectivity index (χ4v) is 3.40. The number of hydrogen-bond donors (Lipinski definition) is 2. The molecule has 2 aromatic carbocycles. The van der Waals surface area contributed by atoms with Crippen molar-refractivity contribution < 1.29 is 9.90 Å². The molecule has 0 aliphatic carbocycles. The van der Waals surface area contributed by atoms with Crippen LogP contribution in [0.15, 0.2) is 60.7 Å². The van der Waals surface area contributed by atoms with Gasteiger partial charge in [0.05, 0.1) is 6.10 Å². The van der Waals surface area contributed by atoms with E-state index < -0.39 is 0 Å². The maximum absolute atomic E-state index is 12.3. The smallest absolute Gasteiger partial charge is 0.317 e. The van der Waals surface area contributed by atoms with Crippen molar-refractivity contribution in [3.8, 4) is 0 Å². The number of nitrogens with one attached hydrogen (secondary N) is 1. The summed E-state index contributed by atoms with van der Waals surface area (Å²) < 4.78 is 0. The van der Waals surface area contributed by atoms with Crippen LogP contribution in [-0.2, 0) is 0 Å².